The van der Waals surface area contributed by atoms with Gasteiger partial charge in [0.05, 0.1) is 5.69 Å². The fraction of sp³-hybridized carbons (Fsp3) is 0.400. The second kappa shape index (κ2) is 14.7. The molecule has 2 nitrogen and oxygen atoms in total. The molecule has 7 aromatic carbocycles. The second-order valence-corrected chi connectivity index (χ2v) is 29.6. The minimum Gasteiger partial charge on any atom is -0.376 e. The maximum absolute atomic E-state index is 2.88. The van der Waals surface area contributed by atoms with Crippen molar-refractivity contribution in [3.05, 3.63) is 159 Å². The molecule has 4 aliphatic carbocycles. The average molecular weight is 987 g/mol. The van der Waals surface area contributed by atoms with Crippen LogP contribution in [0.4, 0.5) is 28.4 Å². The zero-order valence-electron chi connectivity index (χ0n) is 47.0. The zero-order chi connectivity index (χ0) is 51.8. The van der Waals surface area contributed by atoms with Gasteiger partial charge in [0.25, 0.3) is 0 Å². The number of aryl methyl sites for hydroxylation is 1. The molecule has 0 N–H and O–H groups in total. The number of nitrogens with zero attached hydrogens (tertiary/aromatic N) is 2. The normalized spacial score (nSPS) is 21.0. The van der Waals surface area contributed by atoms with Crippen LogP contribution in [0.15, 0.2) is 109 Å². The van der Waals surface area contributed by atoms with E-state index in [1.807, 2.05) is 11.3 Å². The van der Waals surface area contributed by atoms with Crippen LogP contribution in [-0.4, -0.2) is 6.85 Å². The van der Waals surface area contributed by atoms with Crippen LogP contribution in [0, 0.1) is 6.92 Å². The van der Waals surface area contributed by atoms with Gasteiger partial charge in [0.1, 0.15) is 0 Å². The van der Waals surface area contributed by atoms with Gasteiger partial charge in [-0.3, -0.25) is 0 Å². The lowest BCUT2D eigenvalue weighted by Gasteiger charge is -2.50. The summed E-state index contributed by atoms with van der Waals surface area (Å²) in [6.07, 6.45) is 7.09. The Morgan fingerprint density at radius 3 is 1.65 bits per heavy atom. The first-order chi connectivity index (χ1) is 34.8. The molecule has 6 aliphatic rings. The highest BCUT2D eigenvalue weighted by Crippen LogP contribution is 2.62. The highest BCUT2D eigenvalue weighted by Gasteiger charge is 2.53. The summed E-state index contributed by atoms with van der Waals surface area (Å²) >= 11 is 1.96. The molecule has 14 rings (SSSR count). The van der Waals surface area contributed by atoms with E-state index >= 15 is 0 Å². The van der Waals surface area contributed by atoms with Gasteiger partial charge in [0.15, 0.2) is 0 Å². The first-order valence-corrected chi connectivity index (χ1v) is 29.0. The summed E-state index contributed by atoms with van der Waals surface area (Å²) in [7, 11) is 0. The molecule has 74 heavy (non-hydrogen) atoms. The summed E-state index contributed by atoms with van der Waals surface area (Å²) in [4.78, 5) is 5.75. The quantitative estimate of drug-likeness (QED) is 0.159. The van der Waals surface area contributed by atoms with Crippen LogP contribution in [0.5, 0.6) is 0 Å². The van der Waals surface area contributed by atoms with Crippen molar-refractivity contribution >= 4 is 77.7 Å². The smallest absolute Gasteiger partial charge is 0.333 e. The largest absolute Gasteiger partial charge is 0.376 e. The third kappa shape index (κ3) is 6.13. The third-order valence-corrected chi connectivity index (χ3v) is 21.9. The van der Waals surface area contributed by atoms with Crippen molar-refractivity contribution in [2.45, 2.75) is 180 Å². The van der Waals surface area contributed by atoms with Gasteiger partial charge in [-0.2, -0.15) is 0 Å². The Hall–Kier alpha value is -5.58. The standard InChI is InChI=1S/C70H75BN2S/c1-40-34-49-52(68(10,11)32-30-65(49,4)5)38-55(40)72-62-54(26-27-58-59(62)43-21-17-19-23-57(43)74-58)71-61-46(36-45-42-20-16-18-22-47(42)70(14,15)60(45)63(61)72)44-37-51-53(69(12,13)33-31-67(51,8)9)39-56(44)73(71)41-24-25-48-50(35-41)66(6,7)29-28-64(48,2)3/h16-27,34-39H,28-33H2,1-15H3. The Labute approximate surface area is 446 Å². The Balaban J connectivity index is 1.20. The topological polar surface area (TPSA) is 6.48 Å². The molecule has 0 radical (unpaired) electrons. The van der Waals surface area contributed by atoms with E-state index in [-0.39, 0.29) is 44.8 Å². The van der Waals surface area contributed by atoms with Crippen LogP contribution < -0.4 is 20.6 Å². The Morgan fingerprint density at radius 2 is 0.986 bits per heavy atom. The van der Waals surface area contributed by atoms with Crippen LogP contribution >= 0.6 is 11.3 Å². The fourth-order valence-electron chi connectivity index (χ4n) is 15.8. The molecule has 374 valence electrons. The fourth-order valence-corrected chi connectivity index (χ4v) is 16.9. The van der Waals surface area contributed by atoms with Crippen molar-refractivity contribution in [3.63, 3.8) is 0 Å². The molecule has 1 aromatic heterocycles. The van der Waals surface area contributed by atoms with Crippen LogP contribution in [0.25, 0.3) is 42.4 Å². The molecule has 0 saturated heterocycles. The van der Waals surface area contributed by atoms with Crippen molar-refractivity contribution in [3.8, 4) is 22.3 Å². The molecule has 3 heterocycles. The minimum atomic E-state index is -0.279. The predicted molar refractivity (Wildman–Crippen MR) is 321 cm³/mol. The van der Waals surface area contributed by atoms with Crippen molar-refractivity contribution in [2.75, 3.05) is 9.71 Å². The molecule has 0 amide bonds. The Morgan fingerprint density at radius 1 is 0.432 bits per heavy atom. The monoisotopic (exact) mass is 987 g/mol. The number of hydrogen-bond donors (Lipinski definition) is 0. The lowest BCUT2D eigenvalue weighted by atomic mass is 9.42. The molecule has 0 fully saturated rings. The van der Waals surface area contributed by atoms with Gasteiger partial charge >= 0.3 is 6.85 Å². The first-order valence-electron chi connectivity index (χ1n) is 28.2. The van der Waals surface area contributed by atoms with Crippen molar-refractivity contribution in [1.82, 2.24) is 0 Å². The average Bonchev–Trinajstić information content (AvgIpc) is 3.92. The molecule has 8 aromatic rings. The van der Waals surface area contributed by atoms with Crippen molar-refractivity contribution in [2.24, 2.45) is 0 Å². The molecule has 0 atom stereocenters. The summed E-state index contributed by atoms with van der Waals surface area (Å²) in [5, 5.41) is 2.73. The zero-order valence-corrected chi connectivity index (χ0v) is 47.8. The van der Waals surface area contributed by atoms with E-state index < -0.39 is 0 Å². The summed E-state index contributed by atoms with van der Waals surface area (Å²) in [6, 6.07) is 44.9. The maximum atomic E-state index is 2.88. The van der Waals surface area contributed by atoms with E-state index in [2.05, 4.69) is 223 Å². The summed E-state index contributed by atoms with van der Waals surface area (Å²) in [5.41, 5.74) is 28.5. The van der Waals surface area contributed by atoms with Gasteiger partial charge in [-0.1, -0.05) is 158 Å². The lowest BCUT2D eigenvalue weighted by Crippen LogP contribution is -2.62. The summed E-state index contributed by atoms with van der Waals surface area (Å²) in [5.74, 6) is 0. The van der Waals surface area contributed by atoms with E-state index in [1.54, 1.807) is 0 Å². The van der Waals surface area contributed by atoms with Gasteiger partial charge in [0, 0.05) is 53.9 Å². The van der Waals surface area contributed by atoms with Crippen LogP contribution in [0.1, 0.15) is 186 Å². The number of thiophene rings is 1. The van der Waals surface area contributed by atoms with Gasteiger partial charge < -0.3 is 9.71 Å². The number of rotatable bonds is 2. The molecule has 0 unspecified atom stereocenters. The lowest BCUT2D eigenvalue weighted by molar-refractivity contribution is 0.332. The third-order valence-electron chi connectivity index (χ3n) is 20.7. The molecular weight excluding hydrogens is 912 g/mol. The van der Waals surface area contributed by atoms with Gasteiger partial charge in [-0.05, 0) is 204 Å². The van der Waals surface area contributed by atoms with Crippen LogP contribution in [-0.2, 0) is 37.9 Å². The molecule has 0 saturated carbocycles. The number of anilines is 5. The van der Waals surface area contributed by atoms with Crippen molar-refractivity contribution < 1.29 is 0 Å². The number of fused-ring (bicyclic) bond motifs is 15. The molecule has 0 spiro atoms. The summed E-state index contributed by atoms with van der Waals surface area (Å²) in [6.45, 7) is 37.4. The highest BCUT2D eigenvalue weighted by molar-refractivity contribution is 7.26. The summed E-state index contributed by atoms with van der Waals surface area (Å²) < 4.78 is 2.70. The minimum absolute atomic E-state index is 0.0350. The van der Waals surface area contributed by atoms with E-state index in [1.165, 1.54) is 170 Å². The number of hydrogen-bond acceptors (Lipinski definition) is 3. The van der Waals surface area contributed by atoms with Crippen LogP contribution in [0.2, 0.25) is 0 Å². The molecule has 2 aliphatic heterocycles. The molecule has 4 heteroatoms. The van der Waals surface area contributed by atoms with Crippen molar-refractivity contribution in [1.29, 1.82) is 0 Å². The van der Waals surface area contributed by atoms with Gasteiger partial charge in [-0.15, -0.1) is 11.3 Å². The highest BCUT2D eigenvalue weighted by atomic mass is 32.1. The van der Waals surface area contributed by atoms with Crippen LogP contribution in [0.3, 0.4) is 0 Å². The predicted octanol–water partition coefficient (Wildman–Crippen LogP) is 18.4. The van der Waals surface area contributed by atoms with Gasteiger partial charge in [0.2, 0.25) is 0 Å². The van der Waals surface area contributed by atoms with E-state index in [4.69, 9.17) is 0 Å². The van der Waals surface area contributed by atoms with E-state index in [0.717, 1.165) is 0 Å². The number of benzene rings is 7. The Kier molecular flexibility index (Phi) is 9.30. The van der Waals surface area contributed by atoms with Gasteiger partial charge in [-0.25, -0.2) is 0 Å². The van der Waals surface area contributed by atoms with E-state index in [0.29, 0.717) is 0 Å². The SMILES string of the molecule is Cc1cc2c(cc1N1c3c4c(cc5c3C(C)(C)c3ccccc3-5)-c3cc5c(cc3N(c3ccc6c(c3)C(C)(C)CCC6(C)C)B4c3ccc4sc6ccccc6c4c31)C(C)(C)CCC5(C)C)C(C)(C)CCC2(C)C. The second-order valence-electron chi connectivity index (χ2n) is 28.5. The Bertz CT molecular complexity index is 3810. The molecular formula is C70H75BN2S. The first kappa shape index (κ1) is 46.9. The molecule has 0 bridgehead atoms. The van der Waals surface area contributed by atoms with E-state index in [9.17, 15) is 0 Å². The maximum Gasteiger partial charge on any atom is 0.333 e.